The molecule has 1 aliphatic heterocycles. The number of nitrogens with zero attached hydrogens (tertiary/aromatic N) is 2. The van der Waals surface area contributed by atoms with Crippen molar-refractivity contribution in [1.29, 1.82) is 0 Å². The number of amides is 1. The number of hydrogen-bond donors (Lipinski definition) is 1. The number of hydrogen-bond acceptors (Lipinski definition) is 6. The molecule has 0 saturated carbocycles. The van der Waals surface area contributed by atoms with Crippen LogP contribution in [0.25, 0.3) is 0 Å². The van der Waals surface area contributed by atoms with Gasteiger partial charge in [-0.15, -0.1) is 11.3 Å². The molecule has 0 bridgehead atoms. The molecule has 9 heteroatoms. The molecule has 21 heavy (non-hydrogen) atoms. The van der Waals surface area contributed by atoms with Crippen molar-refractivity contribution in [2.75, 3.05) is 32.8 Å². The van der Waals surface area contributed by atoms with Crippen LogP contribution < -0.4 is 5.73 Å². The number of rotatable bonds is 4. The molecule has 2 N–H and O–H groups in total. The Kier molecular flexibility index (Phi) is 5.20. The molecular weight excluding hydrogens is 314 g/mol. The van der Waals surface area contributed by atoms with E-state index in [2.05, 4.69) is 0 Å². The molecule has 2 heterocycles. The lowest BCUT2D eigenvalue weighted by molar-refractivity contribution is 0.0934. The molecule has 1 fully saturated rings. The van der Waals surface area contributed by atoms with Gasteiger partial charge in [-0.3, -0.25) is 0 Å². The molecule has 118 valence electrons. The van der Waals surface area contributed by atoms with E-state index in [-0.39, 0.29) is 13.1 Å². The third kappa shape index (κ3) is 3.54. The first-order chi connectivity index (χ1) is 9.98. The molecular formula is C12H19N3O4S2. The molecule has 1 aliphatic rings. The van der Waals surface area contributed by atoms with Crippen LogP contribution in [-0.4, -0.2) is 56.5 Å². The highest BCUT2D eigenvalue weighted by Gasteiger charge is 2.31. The average Bonchev–Trinajstić information content (AvgIpc) is 2.97. The highest BCUT2D eigenvalue weighted by molar-refractivity contribution is 7.91. The number of piperazine rings is 1. The van der Waals surface area contributed by atoms with Crippen LogP contribution in [0, 0.1) is 0 Å². The predicted molar refractivity (Wildman–Crippen MR) is 79.6 cm³/mol. The van der Waals surface area contributed by atoms with Gasteiger partial charge in [0.15, 0.2) is 0 Å². The van der Waals surface area contributed by atoms with E-state index < -0.39 is 16.1 Å². The van der Waals surface area contributed by atoms with E-state index in [1.54, 1.807) is 19.1 Å². The van der Waals surface area contributed by atoms with Crippen LogP contribution in [0.3, 0.4) is 0 Å². The molecule has 2 rings (SSSR count). The second-order valence-corrected chi connectivity index (χ2v) is 7.85. The summed E-state index contributed by atoms with van der Waals surface area (Å²) in [5.74, 6) is 0. The molecule has 0 spiro atoms. The normalized spacial score (nSPS) is 17.0. The van der Waals surface area contributed by atoms with Gasteiger partial charge in [-0.1, -0.05) is 0 Å². The topological polar surface area (TPSA) is 92.9 Å². The lowest BCUT2D eigenvalue weighted by Crippen LogP contribution is -2.50. The van der Waals surface area contributed by atoms with E-state index in [1.165, 1.54) is 20.5 Å². The Labute approximate surface area is 128 Å². The van der Waals surface area contributed by atoms with E-state index in [1.807, 2.05) is 0 Å². The molecule has 1 saturated heterocycles. The average molecular weight is 333 g/mol. The third-order valence-electron chi connectivity index (χ3n) is 3.20. The SMILES string of the molecule is CCOC(=O)N1CCN(S(=O)(=O)c2ccc(CN)s2)CC1. The highest BCUT2D eigenvalue weighted by Crippen LogP contribution is 2.25. The van der Waals surface area contributed by atoms with Gasteiger partial charge < -0.3 is 15.4 Å². The van der Waals surface area contributed by atoms with Crippen LogP contribution in [0.1, 0.15) is 11.8 Å². The van der Waals surface area contributed by atoms with E-state index in [9.17, 15) is 13.2 Å². The summed E-state index contributed by atoms with van der Waals surface area (Å²) in [6.07, 6.45) is -0.393. The van der Waals surface area contributed by atoms with Crippen molar-refractivity contribution in [3.63, 3.8) is 0 Å². The summed E-state index contributed by atoms with van der Waals surface area (Å²) in [5, 5.41) is 0. The Morgan fingerprint density at radius 2 is 2.00 bits per heavy atom. The fourth-order valence-electron chi connectivity index (χ4n) is 2.06. The van der Waals surface area contributed by atoms with Crippen molar-refractivity contribution < 1.29 is 17.9 Å². The largest absolute Gasteiger partial charge is 0.450 e. The first kappa shape index (κ1) is 16.2. The van der Waals surface area contributed by atoms with Crippen molar-refractivity contribution >= 4 is 27.5 Å². The monoisotopic (exact) mass is 333 g/mol. The summed E-state index contributed by atoms with van der Waals surface area (Å²) in [7, 11) is -3.50. The maximum Gasteiger partial charge on any atom is 0.409 e. The van der Waals surface area contributed by atoms with Gasteiger partial charge in [-0.2, -0.15) is 4.31 Å². The van der Waals surface area contributed by atoms with Gasteiger partial charge in [0, 0.05) is 37.6 Å². The first-order valence-corrected chi connectivity index (χ1v) is 8.95. The van der Waals surface area contributed by atoms with E-state index in [0.29, 0.717) is 30.5 Å². The van der Waals surface area contributed by atoms with E-state index in [0.717, 1.165) is 4.88 Å². The van der Waals surface area contributed by atoms with E-state index in [4.69, 9.17) is 10.5 Å². The van der Waals surface area contributed by atoms with Crippen LogP contribution in [0.4, 0.5) is 4.79 Å². The molecule has 0 aromatic carbocycles. The smallest absolute Gasteiger partial charge is 0.409 e. The second kappa shape index (κ2) is 6.73. The second-order valence-electron chi connectivity index (χ2n) is 4.51. The minimum atomic E-state index is -3.50. The summed E-state index contributed by atoms with van der Waals surface area (Å²) >= 11 is 1.19. The molecule has 0 radical (unpaired) electrons. The number of thiophene rings is 1. The van der Waals surface area contributed by atoms with Gasteiger partial charge in [-0.25, -0.2) is 13.2 Å². The Morgan fingerprint density at radius 3 is 2.52 bits per heavy atom. The van der Waals surface area contributed by atoms with Crippen molar-refractivity contribution in [3.05, 3.63) is 17.0 Å². The van der Waals surface area contributed by atoms with Crippen molar-refractivity contribution in [2.24, 2.45) is 5.73 Å². The zero-order chi connectivity index (χ0) is 15.5. The lowest BCUT2D eigenvalue weighted by atomic mass is 10.4. The molecule has 0 unspecified atom stereocenters. The van der Waals surface area contributed by atoms with Gasteiger partial charge in [-0.05, 0) is 19.1 Å². The molecule has 1 aromatic rings. The third-order valence-corrected chi connectivity index (χ3v) is 6.67. The maximum atomic E-state index is 12.5. The van der Waals surface area contributed by atoms with Gasteiger partial charge in [0.25, 0.3) is 10.0 Å². The lowest BCUT2D eigenvalue weighted by Gasteiger charge is -2.32. The number of ether oxygens (including phenoxy) is 1. The molecule has 1 amide bonds. The Morgan fingerprint density at radius 1 is 1.33 bits per heavy atom. The minimum Gasteiger partial charge on any atom is -0.450 e. The van der Waals surface area contributed by atoms with Crippen LogP contribution >= 0.6 is 11.3 Å². The fourth-order valence-corrected chi connectivity index (χ4v) is 4.87. The van der Waals surface area contributed by atoms with Gasteiger partial charge in [0.05, 0.1) is 6.61 Å². The summed E-state index contributed by atoms with van der Waals surface area (Å²) < 4.78 is 31.6. The summed E-state index contributed by atoms with van der Waals surface area (Å²) in [5.41, 5.74) is 5.51. The zero-order valence-corrected chi connectivity index (χ0v) is 13.5. The van der Waals surface area contributed by atoms with Gasteiger partial charge >= 0.3 is 6.09 Å². The van der Waals surface area contributed by atoms with Crippen LogP contribution in [0.15, 0.2) is 16.3 Å². The number of nitrogens with two attached hydrogens (primary N) is 1. The van der Waals surface area contributed by atoms with E-state index >= 15 is 0 Å². The number of carbonyl (C=O) groups is 1. The van der Waals surface area contributed by atoms with Crippen molar-refractivity contribution in [3.8, 4) is 0 Å². The molecule has 7 nitrogen and oxygen atoms in total. The van der Waals surface area contributed by atoms with Gasteiger partial charge in [0.2, 0.25) is 0 Å². The predicted octanol–water partition coefficient (Wildman–Crippen LogP) is 0.670. The van der Waals surface area contributed by atoms with Crippen LogP contribution in [0.2, 0.25) is 0 Å². The van der Waals surface area contributed by atoms with Crippen LogP contribution in [0.5, 0.6) is 0 Å². The fraction of sp³-hybridized carbons (Fsp3) is 0.583. The maximum absolute atomic E-state index is 12.5. The molecule has 0 atom stereocenters. The highest BCUT2D eigenvalue weighted by atomic mass is 32.2. The van der Waals surface area contributed by atoms with Gasteiger partial charge in [0.1, 0.15) is 4.21 Å². The summed E-state index contributed by atoms with van der Waals surface area (Å²) in [6, 6.07) is 3.31. The van der Waals surface area contributed by atoms with Crippen LogP contribution in [-0.2, 0) is 21.3 Å². The minimum absolute atomic E-state index is 0.275. The summed E-state index contributed by atoms with van der Waals surface area (Å²) in [6.45, 7) is 3.62. The number of carbonyl (C=O) groups excluding carboxylic acids is 1. The number of sulfonamides is 1. The molecule has 0 aliphatic carbocycles. The quantitative estimate of drug-likeness (QED) is 0.874. The van der Waals surface area contributed by atoms with Crippen molar-refractivity contribution in [2.45, 2.75) is 17.7 Å². The Balaban J connectivity index is 2.02. The Hall–Kier alpha value is -1.16. The molecule has 1 aromatic heterocycles. The summed E-state index contributed by atoms with van der Waals surface area (Å²) in [4.78, 5) is 13.9. The van der Waals surface area contributed by atoms with Crippen molar-refractivity contribution in [1.82, 2.24) is 9.21 Å². The standard InChI is InChI=1S/C12H19N3O4S2/c1-2-19-12(16)14-5-7-15(8-6-14)21(17,18)11-4-3-10(9-13)20-11/h3-4H,2,5-9,13H2,1H3. The Bertz CT molecular complexity index is 591. The first-order valence-electron chi connectivity index (χ1n) is 6.69. The zero-order valence-electron chi connectivity index (χ0n) is 11.8.